The van der Waals surface area contributed by atoms with Crippen LogP contribution in [0.15, 0.2) is 0 Å². The Bertz CT molecular complexity index is 270. The van der Waals surface area contributed by atoms with E-state index in [1.165, 1.54) is 0 Å². The molecule has 0 aliphatic heterocycles. The van der Waals surface area contributed by atoms with Crippen molar-refractivity contribution in [1.82, 2.24) is 20.2 Å². The van der Waals surface area contributed by atoms with Crippen molar-refractivity contribution in [2.45, 2.75) is 39.8 Å². The summed E-state index contributed by atoms with van der Waals surface area (Å²) in [7, 11) is 0. The molecule has 1 aromatic rings. The van der Waals surface area contributed by atoms with Crippen LogP contribution >= 0.6 is 0 Å². The van der Waals surface area contributed by atoms with Gasteiger partial charge in [0.2, 0.25) is 0 Å². The first-order valence-corrected chi connectivity index (χ1v) is 4.47. The Morgan fingerprint density at radius 3 is 2.46 bits per heavy atom. The number of rotatable bonds is 3. The van der Waals surface area contributed by atoms with Crippen molar-refractivity contribution in [1.29, 1.82) is 0 Å². The fourth-order valence-corrected chi connectivity index (χ4v) is 0.905. The lowest BCUT2D eigenvalue weighted by atomic mass is 10.1. The van der Waals surface area contributed by atoms with Crippen molar-refractivity contribution in [2.24, 2.45) is 11.7 Å². The van der Waals surface area contributed by atoms with Crippen LogP contribution in [0.2, 0.25) is 0 Å². The average Bonchev–Trinajstić information content (AvgIpc) is 2.32. The maximum atomic E-state index is 5.82. The number of hydrogen-bond donors (Lipinski definition) is 1. The first-order valence-electron chi connectivity index (χ1n) is 4.47. The van der Waals surface area contributed by atoms with Crippen molar-refractivity contribution < 1.29 is 0 Å². The van der Waals surface area contributed by atoms with Gasteiger partial charge in [0.1, 0.15) is 0 Å². The zero-order valence-corrected chi connectivity index (χ0v) is 8.65. The minimum absolute atomic E-state index is 0.505. The average molecular weight is 183 g/mol. The van der Waals surface area contributed by atoms with E-state index in [0.29, 0.717) is 11.7 Å². The molecule has 0 amide bonds. The Kier molecular flexibility index (Phi) is 2.66. The molecule has 0 saturated carbocycles. The molecule has 74 valence electrons. The smallest absolute Gasteiger partial charge is 0.193 e. The summed E-state index contributed by atoms with van der Waals surface area (Å²) in [5, 5.41) is 12.0. The Morgan fingerprint density at radius 1 is 1.46 bits per heavy atom. The Morgan fingerprint density at radius 2 is 2.08 bits per heavy atom. The van der Waals surface area contributed by atoms with Gasteiger partial charge in [-0.15, -0.1) is 10.2 Å². The number of nitrogens with two attached hydrogens (primary N) is 1. The van der Waals surface area contributed by atoms with Crippen molar-refractivity contribution in [3.8, 4) is 0 Å². The minimum Gasteiger partial charge on any atom is -0.319 e. The molecule has 0 bridgehead atoms. The molecule has 0 aliphatic carbocycles. The Labute approximate surface area is 78.3 Å². The van der Waals surface area contributed by atoms with E-state index in [4.69, 9.17) is 5.73 Å². The summed E-state index contributed by atoms with van der Waals surface area (Å²) in [6, 6.07) is 0. The summed E-state index contributed by atoms with van der Waals surface area (Å²) in [6.07, 6.45) is 0. The maximum Gasteiger partial charge on any atom is 0.193 e. The maximum absolute atomic E-state index is 5.82. The molecule has 5 nitrogen and oxygen atoms in total. The molecular weight excluding hydrogens is 166 g/mol. The molecule has 0 aromatic carbocycles. The van der Waals surface area contributed by atoms with Crippen LogP contribution < -0.4 is 5.73 Å². The van der Waals surface area contributed by atoms with E-state index in [0.717, 1.165) is 6.54 Å². The fourth-order valence-electron chi connectivity index (χ4n) is 0.905. The van der Waals surface area contributed by atoms with Gasteiger partial charge in [-0.05, 0) is 25.0 Å². The van der Waals surface area contributed by atoms with Gasteiger partial charge in [0.25, 0.3) is 0 Å². The summed E-state index contributed by atoms with van der Waals surface area (Å²) >= 11 is 0. The van der Waals surface area contributed by atoms with Crippen LogP contribution in [0.25, 0.3) is 0 Å². The first-order chi connectivity index (χ1) is 5.89. The standard InChI is InChI=1S/C8H17N5/c1-6(2)5-13-11-7(10-12-13)8(3,4)9/h6H,5,9H2,1-4H3. The first kappa shape index (κ1) is 10.1. The molecular formula is C8H17N5. The van der Waals surface area contributed by atoms with Gasteiger partial charge in [-0.2, -0.15) is 4.80 Å². The minimum atomic E-state index is -0.505. The van der Waals surface area contributed by atoms with Crippen LogP contribution in [0.4, 0.5) is 0 Å². The molecule has 0 aliphatic rings. The molecule has 1 rings (SSSR count). The molecule has 1 heterocycles. The summed E-state index contributed by atoms with van der Waals surface area (Å²) in [6.45, 7) is 8.73. The van der Waals surface area contributed by atoms with Gasteiger partial charge >= 0.3 is 0 Å². The third-order valence-corrected chi connectivity index (χ3v) is 1.56. The quantitative estimate of drug-likeness (QED) is 0.741. The van der Waals surface area contributed by atoms with Crippen LogP contribution in [0.5, 0.6) is 0 Å². The zero-order valence-electron chi connectivity index (χ0n) is 8.65. The largest absolute Gasteiger partial charge is 0.319 e. The highest BCUT2D eigenvalue weighted by Gasteiger charge is 2.20. The van der Waals surface area contributed by atoms with Gasteiger partial charge in [-0.3, -0.25) is 0 Å². The number of aromatic nitrogens is 4. The predicted octanol–water partition coefficient (Wildman–Crippen LogP) is 0.523. The lowest BCUT2D eigenvalue weighted by Gasteiger charge is -2.11. The highest BCUT2D eigenvalue weighted by molar-refractivity contribution is 4.94. The van der Waals surface area contributed by atoms with E-state index in [9.17, 15) is 0 Å². The lowest BCUT2D eigenvalue weighted by Crippen LogP contribution is -2.30. The van der Waals surface area contributed by atoms with Gasteiger partial charge in [-0.25, -0.2) is 0 Å². The van der Waals surface area contributed by atoms with E-state index in [2.05, 4.69) is 29.3 Å². The summed E-state index contributed by atoms with van der Waals surface area (Å²) in [5.74, 6) is 1.11. The van der Waals surface area contributed by atoms with Gasteiger partial charge in [0, 0.05) is 0 Å². The topological polar surface area (TPSA) is 69.6 Å². The van der Waals surface area contributed by atoms with E-state index >= 15 is 0 Å². The van der Waals surface area contributed by atoms with Crippen molar-refractivity contribution in [3.05, 3.63) is 5.82 Å². The molecule has 0 unspecified atom stereocenters. The summed E-state index contributed by atoms with van der Waals surface area (Å²) < 4.78 is 0. The van der Waals surface area contributed by atoms with Gasteiger partial charge in [-0.1, -0.05) is 13.8 Å². The monoisotopic (exact) mass is 183 g/mol. The second kappa shape index (κ2) is 3.41. The number of hydrogen-bond acceptors (Lipinski definition) is 4. The molecule has 13 heavy (non-hydrogen) atoms. The molecule has 0 saturated heterocycles. The number of nitrogens with zero attached hydrogens (tertiary/aromatic N) is 4. The third kappa shape index (κ3) is 2.77. The Hall–Kier alpha value is -0.970. The van der Waals surface area contributed by atoms with Crippen LogP contribution in [0.3, 0.4) is 0 Å². The molecule has 1 aromatic heterocycles. The highest BCUT2D eigenvalue weighted by Crippen LogP contribution is 2.09. The lowest BCUT2D eigenvalue weighted by molar-refractivity contribution is 0.423. The van der Waals surface area contributed by atoms with Crippen LogP contribution in [0, 0.1) is 5.92 Å². The molecule has 0 fully saturated rings. The molecule has 2 N–H and O–H groups in total. The Balaban J connectivity index is 2.75. The van der Waals surface area contributed by atoms with Crippen molar-refractivity contribution in [3.63, 3.8) is 0 Å². The van der Waals surface area contributed by atoms with Crippen molar-refractivity contribution in [2.75, 3.05) is 0 Å². The van der Waals surface area contributed by atoms with E-state index in [1.54, 1.807) is 4.80 Å². The second-order valence-electron chi connectivity index (χ2n) is 4.28. The molecule has 5 heteroatoms. The molecule has 0 spiro atoms. The van der Waals surface area contributed by atoms with Crippen LogP contribution in [-0.2, 0) is 12.1 Å². The van der Waals surface area contributed by atoms with E-state index in [-0.39, 0.29) is 0 Å². The van der Waals surface area contributed by atoms with Gasteiger partial charge in [0.05, 0.1) is 12.1 Å². The van der Waals surface area contributed by atoms with Gasteiger partial charge in [0.15, 0.2) is 5.82 Å². The van der Waals surface area contributed by atoms with Gasteiger partial charge < -0.3 is 5.73 Å². The van der Waals surface area contributed by atoms with Crippen molar-refractivity contribution >= 4 is 0 Å². The SMILES string of the molecule is CC(C)Cn1nnc(C(C)(C)N)n1. The van der Waals surface area contributed by atoms with Crippen LogP contribution in [-0.4, -0.2) is 20.2 Å². The van der Waals surface area contributed by atoms with E-state index < -0.39 is 5.54 Å². The molecule has 0 atom stereocenters. The van der Waals surface area contributed by atoms with E-state index in [1.807, 2.05) is 13.8 Å². The van der Waals surface area contributed by atoms with Crippen LogP contribution in [0.1, 0.15) is 33.5 Å². The molecule has 0 radical (unpaired) electrons. The summed E-state index contributed by atoms with van der Waals surface area (Å²) in [4.78, 5) is 1.59. The number of tetrazole rings is 1. The third-order valence-electron chi connectivity index (χ3n) is 1.56. The summed E-state index contributed by atoms with van der Waals surface area (Å²) in [5.41, 5.74) is 5.32. The fraction of sp³-hybridized carbons (Fsp3) is 0.875. The normalized spacial score (nSPS) is 12.5. The second-order valence-corrected chi connectivity index (χ2v) is 4.28. The highest BCUT2D eigenvalue weighted by atomic mass is 15.6. The predicted molar refractivity (Wildman–Crippen MR) is 49.9 cm³/mol. The zero-order chi connectivity index (χ0) is 10.1.